The SMILES string of the molecule is CCOC(=O)C(C)(C#N)c1cc(Cl)ccc1[N+](=O)[O-]. The van der Waals surface area contributed by atoms with Gasteiger partial charge in [0.05, 0.1) is 23.2 Å². The van der Waals surface area contributed by atoms with E-state index in [2.05, 4.69) is 0 Å². The molecule has 0 fully saturated rings. The normalized spacial score (nSPS) is 13.2. The maximum absolute atomic E-state index is 11.9. The first-order valence-electron chi connectivity index (χ1n) is 5.39. The first-order valence-corrected chi connectivity index (χ1v) is 5.77. The van der Waals surface area contributed by atoms with Crippen LogP contribution in [0.2, 0.25) is 5.02 Å². The minimum absolute atomic E-state index is 0.0739. The van der Waals surface area contributed by atoms with E-state index in [1.54, 1.807) is 13.0 Å². The molecule has 0 aliphatic heterocycles. The Labute approximate surface area is 114 Å². The lowest BCUT2D eigenvalue weighted by Crippen LogP contribution is -2.33. The van der Waals surface area contributed by atoms with Crippen molar-refractivity contribution in [3.8, 4) is 6.07 Å². The van der Waals surface area contributed by atoms with Crippen molar-refractivity contribution >= 4 is 23.3 Å². The maximum Gasteiger partial charge on any atom is 0.331 e. The molecule has 0 N–H and O–H groups in total. The van der Waals surface area contributed by atoms with Gasteiger partial charge in [-0.25, -0.2) is 4.79 Å². The molecule has 0 heterocycles. The molecule has 0 aliphatic rings. The average Bonchev–Trinajstić information content (AvgIpc) is 2.37. The third-order valence-corrected chi connectivity index (χ3v) is 2.84. The molecule has 0 saturated heterocycles. The van der Waals surface area contributed by atoms with Crippen LogP contribution in [0.4, 0.5) is 5.69 Å². The summed E-state index contributed by atoms with van der Waals surface area (Å²) in [5.74, 6) is -0.845. The number of nitrogens with zero attached hydrogens (tertiary/aromatic N) is 2. The lowest BCUT2D eigenvalue weighted by atomic mass is 9.83. The van der Waals surface area contributed by atoms with Gasteiger partial charge in [-0.15, -0.1) is 0 Å². The van der Waals surface area contributed by atoms with Crippen LogP contribution in [0.15, 0.2) is 18.2 Å². The van der Waals surface area contributed by atoms with Gasteiger partial charge in [0.25, 0.3) is 5.69 Å². The number of halogens is 1. The summed E-state index contributed by atoms with van der Waals surface area (Å²) in [5.41, 5.74) is -2.20. The Morgan fingerprint density at radius 3 is 2.74 bits per heavy atom. The van der Waals surface area contributed by atoms with Gasteiger partial charge in [-0.1, -0.05) is 11.6 Å². The summed E-state index contributed by atoms with van der Waals surface area (Å²) in [5, 5.41) is 20.4. The van der Waals surface area contributed by atoms with Crippen LogP contribution in [0.1, 0.15) is 19.4 Å². The number of ether oxygens (including phenoxy) is 1. The Kier molecular flexibility index (Phi) is 4.46. The number of hydrogen-bond donors (Lipinski definition) is 0. The molecule has 1 atom stereocenters. The number of benzene rings is 1. The van der Waals surface area contributed by atoms with E-state index in [0.717, 1.165) is 6.07 Å². The Balaban J connectivity index is 3.48. The summed E-state index contributed by atoms with van der Waals surface area (Å²) in [6, 6.07) is 5.48. The van der Waals surface area contributed by atoms with E-state index in [4.69, 9.17) is 16.3 Å². The van der Waals surface area contributed by atoms with Crippen molar-refractivity contribution in [1.82, 2.24) is 0 Å². The molecule has 1 aromatic carbocycles. The van der Waals surface area contributed by atoms with Gasteiger partial charge >= 0.3 is 5.97 Å². The summed E-state index contributed by atoms with van der Waals surface area (Å²) in [7, 11) is 0. The number of carbonyl (C=O) groups excluding carboxylic acids is 1. The third kappa shape index (κ3) is 2.83. The van der Waals surface area contributed by atoms with Gasteiger partial charge in [-0.2, -0.15) is 5.26 Å². The van der Waals surface area contributed by atoms with Crippen LogP contribution in [0.3, 0.4) is 0 Å². The van der Waals surface area contributed by atoms with Crippen LogP contribution < -0.4 is 0 Å². The fourth-order valence-electron chi connectivity index (χ4n) is 1.56. The zero-order chi connectivity index (χ0) is 14.6. The molecule has 0 aliphatic carbocycles. The second-order valence-electron chi connectivity index (χ2n) is 3.88. The molecule has 0 amide bonds. The van der Waals surface area contributed by atoms with E-state index in [-0.39, 0.29) is 22.9 Å². The quantitative estimate of drug-likeness (QED) is 0.481. The Bertz CT molecular complexity index is 567. The molecule has 0 saturated carbocycles. The molecule has 0 aromatic heterocycles. The van der Waals surface area contributed by atoms with Crippen molar-refractivity contribution in [1.29, 1.82) is 5.26 Å². The number of nitriles is 1. The average molecular weight is 283 g/mol. The van der Waals surface area contributed by atoms with Crippen LogP contribution in [0.25, 0.3) is 0 Å². The van der Waals surface area contributed by atoms with Gasteiger partial charge in [0.2, 0.25) is 0 Å². The second-order valence-corrected chi connectivity index (χ2v) is 4.31. The fraction of sp³-hybridized carbons (Fsp3) is 0.333. The van der Waals surface area contributed by atoms with Crippen LogP contribution in [0, 0.1) is 21.4 Å². The number of hydrogen-bond acceptors (Lipinski definition) is 5. The predicted molar refractivity (Wildman–Crippen MR) is 67.7 cm³/mol. The number of carbonyl (C=O) groups is 1. The topological polar surface area (TPSA) is 93.2 Å². The largest absolute Gasteiger partial charge is 0.465 e. The molecule has 0 radical (unpaired) electrons. The number of nitro benzene ring substituents is 1. The van der Waals surface area contributed by atoms with Gasteiger partial charge in [0.15, 0.2) is 5.41 Å². The number of nitro groups is 1. The molecular formula is C12H11ClN2O4. The number of esters is 1. The summed E-state index contributed by atoms with van der Waals surface area (Å²) < 4.78 is 4.80. The summed E-state index contributed by atoms with van der Waals surface area (Å²) in [4.78, 5) is 22.2. The highest BCUT2D eigenvalue weighted by molar-refractivity contribution is 6.30. The Hall–Kier alpha value is -2.13. The summed E-state index contributed by atoms with van der Waals surface area (Å²) in [6.45, 7) is 2.93. The van der Waals surface area contributed by atoms with E-state index in [1.165, 1.54) is 19.1 Å². The first-order chi connectivity index (χ1) is 8.86. The lowest BCUT2D eigenvalue weighted by molar-refractivity contribution is -0.385. The van der Waals surface area contributed by atoms with Crippen molar-refractivity contribution in [2.45, 2.75) is 19.3 Å². The molecule has 1 rings (SSSR count). The van der Waals surface area contributed by atoms with Gasteiger partial charge < -0.3 is 4.74 Å². The van der Waals surface area contributed by atoms with Crippen molar-refractivity contribution in [3.63, 3.8) is 0 Å². The molecule has 1 unspecified atom stereocenters. The molecule has 1 aromatic rings. The van der Waals surface area contributed by atoms with E-state index in [1.807, 2.05) is 0 Å². The van der Waals surface area contributed by atoms with Gasteiger partial charge in [-0.05, 0) is 26.0 Å². The first kappa shape index (κ1) is 14.9. The molecule has 100 valence electrons. The monoisotopic (exact) mass is 282 g/mol. The highest BCUT2D eigenvalue weighted by atomic mass is 35.5. The van der Waals surface area contributed by atoms with Crippen molar-refractivity contribution in [2.75, 3.05) is 6.61 Å². The predicted octanol–water partition coefficient (Wildman–Crippen LogP) is 2.59. The van der Waals surface area contributed by atoms with E-state index < -0.39 is 16.3 Å². The van der Waals surface area contributed by atoms with Gasteiger partial charge in [0, 0.05) is 11.1 Å². The smallest absolute Gasteiger partial charge is 0.331 e. The minimum atomic E-state index is -1.77. The van der Waals surface area contributed by atoms with Gasteiger partial charge in [-0.3, -0.25) is 10.1 Å². The van der Waals surface area contributed by atoms with Crippen LogP contribution >= 0.6 is 11.6 Å². The minimum Gasteiger partial charge on any atom is -0.465 e. The Morgan fingerprint density at radius 1 is 1.63 bits per heavy atom. The van der Waals surface area contributed by atoms with Crippen LogP contribution in [-0.2, 0) is 14.9 Å². The molecule has 6 nitrogen and oxygen atoms in total. The van der Waals surface area contributed by atoms with Crippen molar-refractivity contribution < 1.29 is 14.5 Å². The maximum atomic E-state index is 11.9. The van der Waals surface area contributed by atoms with Crippen molar-refractivity contribution in [2.24, 2.45) is 0 Å². The molecule has 19 heavy (non-hydrogen) atoms. The second kappa shape index (κ2) is 5.67. The Morgan fingerprint density at radius 2 is 2.26 bits per heavy atom. The van der Waals surface area contributed by atoms with Crippen LogP contribution in [-0.4, -0.2) is 17.5 Å². The summed E-state index contributed by atoms with van der Waals surface area (Å²) >= 11 is 5.78. The van der Waals surface area contributed by atoms with Crippen molar-refractivity contribution in [3.05, 3.63) is 38.9 Å². The highest BCUT2D eigenvalue weighted by Gasteiger charge is 2.42. The van der Waals surface area contributed by atoms with E-state index in [9.17, 15) is 20.2 Å². The van der Waals surface area contributed by atoms with E-state index >= 15 is 0 Å². The molecule has 7 heteroatoms. The fourth-order valence-corrected chi connectivity index (χ4v) is 1.73. The van der Waals surface area contributed by atoms with Gasteiger partial charge in [0.1, 0.15) is 0 Å². The zero-order valence-corrected chi connectivity index (χ0v) is 11.1. The third-order valence-electron chi connectivity index (χ3n) is 2.60. The summed E-state index contributed by atoms with van der Waals surface area (Å²) in [6.07, 6.45) is 0. The molecule has 0 spiro atoms. The van der Waals surface area contributed by atoms with Crippen LogP contribution in [0.5, 0.6) is 0 Å². The standard InChI is InChI=1S/C12H11ClN2O4/c1-3-19-11(16)12(2,7-14)9-6-8(13)4-5-10(9)15(17)18/h4-6H,3H2,1-2H3. The molecule has 0 bridgehead atoms. The number of rotatable bonds is 4. The van der Waals surface area contributed by atoms with E-state index in [0.29, 0.717) is 0 Å². The molecular weight excluding hydrogens is 272 g/mol. The zero-order valence-electron chi connectivity index (χ0n) is 10.3. The highest BCUT2D eigenvalue weighted by Crippen LogP contribution is 2.34. The lowest BCUT2D eigenvalue weighted by Gasteiger charge is -2.19.